The van der Waals surface area contributed by atoms with Gasteiger partial charge in [0.05, 0.1) is 0 Å². The molecule has 1 atom stereocenters. The number of aromatic hydroxyl groups is 1. The van der Waals surface area contributed by atoms with Gasteiger partial charge in [-0.2, -0.15) is 0 Å². The molecule has 0 spiro atoms. The van der Waals surface area contributed by atoms with E-state index in [1.165, 1.54) is 37.9 Å². The first-order valence-corrected chi connectivity index (χ1v) is 6.75. The first-order valence-electron chi connectivity index (χ1n) is 6.75. The topological polar surface area (TPSA) is 23.5 Å². The van der Waals surface area contributed by atoms with Gasteiger partial charge in [-0.05, 0) is 63.2 Å². The van der Waals surface area contributed by atoms with Crippen LogP contribution in [0.5, 0.6) is 5.75 Å². The molecule has 0 radical (unpaired) electrons. The minimum atomic E-state index is 0.471. The van der Waals surface area contributed by atoms with Crippen LogP contribution in [0.1, 0.15) is 30.4 Å². The SMILES string of the molecule is Cc1ccc(O)c(CC2CC3CCN2CC3)c1. The van der Waals surface area contributed by atoms with Crippen molar-refractivity contribution >= 4 is 0 Å². The molecule has 1 aromatic carbocycles. The number of aryl methyl sites for hydroxylation is 1. The van der Waals surface area contributed by atoms with Crippen molar-refractivity contribution in [3.05, 3.63) is 29.3 Å². The van der Waals surface area contributed by atoms with Crippen LogP contribution in [0, 0.1) is 12.8 Å². The molecule has 2 nitrogen and oxygen atoms in total. The average molecular weight is 231 g/mol. The molecule has 0 amide bonds. The molecule has 3 saturated heterocycles. The molecule has 3 aliphatic heterocycles. The van der Waals surface area contributed by atoms with Crippen LogP contribution in [-0.2, 0) is 6.42 Å². The molecular formula is C15H21NO. The molecule has 0 aromatic heterocycles. The van der Waals surface area contributed by atoms with E-state index in [0.717, 1.165) is 17.9 Å². The molecule has 2 heteroatoms. The van der Waals surface area contributed by atoms with Gasteiger partial charge >= 0.3 is 0 Å². The lowest BCUT2D eigenvalue weighted by atomic mass is 9.81. The molecule has 0 saturated carbocycles. The van der Waals surface area contributed by atoms with E-state index in [4.69, 9.17) is 0 Å². The smallest absolute Gasteiger partial charge is 0.118 e. The Morgan fingerprint density at radius 3 is 2.71 bits per heavy atom. The van der Waals surface area contributed by atoms with Crippen molar-refractivity contribution < 1.29 is 5.11 Å². The fourth-order valence-electron chi connectivity index (χ4n) is 3.43. The van der Waals surface area contributed by atoms with Crippen molar-refractivity contribution in [1.82, 2.24) is 4.90 Å². The number of phenols is 1. The normalized spacial score (nSPS) is 31.7. The van der Waals surface area contributed by atoms with Crippen molar-refractivity contribution in [2.45, 2.75) is 38.6 Å². The van der Waals surface area contributed by atoms with Gasteiger partial charge in [0, 0.05) is 6.04 Å². The zero-order chi connectivity index (χ0) is 11.8. The standard InChI is InChI=1S/C15H21NO/c1-11-2-3-15(17)13(8-11)10-14-9-12-4-6-16(14)7-5-12/h2-3,8,12,14,17H,4-7,9-10H2,1H3. The van der Waals surface area contributed by atoms with E-state index in [-0.39, 0.29) is 0 Å². The van der Waals surface area contributed by atoms with Gasteiger partial charge in [-0.25, -0.2) is 0 Å². The molecule has 0 aliphatic carbocycles. The van der Waals surface area contributed by atoms with Gasteiger partial charge in [0.1, 0.15) is 5.75 Å². The molecule has 17 heavy (non-hydrogen) atoms. The average Bonchev–Trinajstić information content (AvgIpc) is 2.35. The van der Waals surface area contributed by atoms with Crippen molar-refractivity contribution in [2.75, 3.05) is 13.1 Å². The maximum Gasteiger partial charge on any atom is 0.118 e. The highest BCUT2D eigenvalue weighted by Crippen LogP contribution is 2.34. The molecular weight excluding hydrogens is 210 g/mol. The largest absolute Gasteiger partial charge is 0.508 e. The quantitative estimate of drug-likeness (QED) is 0.846. The molecule has 2 bridgehead atoms. The Morgan fingerprint density at radius 1 is 1.29 bits per heavy atom. The van der Waals surface area contributed by atoms with Crippen LogP contribution in [-0.4, -0.2) is 29.1 Å². The van der Waals surface area contributed by atoms with E-state index in [0.29, 0.717) is 11.8 Å². The number of hydrogen-bond acceptors (Lipinski definition) is 2. The third kappa shape index (κ3) is 2.19. The lowest BCUT2D eigenvalue weighted by molar-refractivity contribution is 0.0496. The van der Waals surface area contributed by atoms with Crippen molar-refractivity contribution in [2.24, 2.45) is 5.92 Å². The Balaban J connectivity index is 1.76. The number of piperidine rings is 3. The summed E-state index contributed by atoms with van der Waals surface area (Å²) in [6.07, 6.45) is 5.12. The molecule has 92 valence electrons. The van der Waals surface area contributed by atoms with Crippen LogP contribution in [0.2, 0.25) is 0 Å². The molecule has 1 N–H and O–H groups in total. The maximum absolute atomic E-state index is 9.92. The summed E-state index contributed by atoms with van der Waals surface area (Å²) in [5, 5.41) is 9.92. The van der Waals surface area contributed by atoms with E-state index in [9.17, 15) is 5.11 Å². The molecule has 3 aliphatic rings. The van der Waals surface area contributed by atoms with Crippen molar-refractivity contribution in [3.8, 4) is 5.75 Å². The summed E-state index contributed by atoms with van der Waals surface area (Å²) in [5.74, 6) is 1.41. The summed E-state index contributed by atoms with van der Waals surface area (Å²) in [6.45, 7) is 4.63. The highest BCUT2D eigenvalue weighted by atomic mass is 16.3. The fraction of sp³-hybridized carbons (Fsp3) is 0.600. The van der Waals surface area contributed by atoms with Crippen LogP contribution < -0.4 is 0 Å². The number of fused-ring (bicyclic) bond motifs is 3. The van der Waals surface area contributed by atoms with Crippen LogP contribution in [0.3, 0.4) is 0 Å². The Bertz CT molecular complexity index is 407. The van der Waals surface area contributed by atoms with Gasteiger partial charge in [0.25, 0.3) is 0 Å². The zero-order valence-corrected chi connectivity index (χ0v) is 10.5. The van der Waals surface area contributed by atoms with E-state index in [1.54, 1.807) is 0 Å². The third-order valence-corrected chi connectivity index (χ3v) is 4.46. The number of benzene rings is 1. The minimum Gasteiger partial charge on any atom is -0.508 e. The number of rotatable bonds is 2. The molecule has 1 unspecified atom stereocenters. The van der Waals surface area contributed by atoms with Gasteiger partial charge in [-0.1, -0.05) is 17.7 Å². The molecule has 4 rings (SSSR count). The number of nitrogens with zero attached hydrogens (tertiary/aromatic N) is 1. The van der Waals surface area contributed by atoms with E-state index in [1.807, 2.05) is 12.1 Å². The summed E-state index contributed by atoms with van der Waals surface area (Å²) < 4.78 is 0. The first kappa shape index (κ1) is 11.1. The van der Waals surface area contributed by atoms with Gasteiger partial charge in [0.2, 0.25) is 0 Å². The second-order valence-corrected chi connectivity index (χ2v) is 5.71. The highest BCUT2D eigenvalue weighted by Gasteiger charge is 2.33. The van der Waals surface area contributed by atoms with Gasteiger partial charge in [0.15, 0.2) is 0 Å². The predicted octanol–water partition coefficient (Wildman–Crippen LogP) is 2.73. The summed E-state index contributed by atoms with van der Waals surface area (Å²) in [5.41, 5.74) is 2.37. The predicted molar refractivity (Wildman–Crippen MR) is 69.2 cm³/mol. The first-order chi connectivity index (χ1) is 8.22. The monoisotopic (exact) mass is 231 g/mol. The Labute approximate surface area is 103 Å². The minimum absolute atomic E-state index is 0.471. The molecule has 3 heterocycles. The maximum atomic E-state index is 9.92. The van der Waals surface area contributed by atoms with Crippen LogP contribution >= 0.6 is 0 Å². The Kier molecular flexibility index (Phi) is 2.83. The van der Waals surface area contributed by atoms with Crippen LogP contribution in [0.15, 0.2) is 18.2 Å². The summed E-state index contributed by atoms with van der Waals surface area (Å²) in [4.78, 5) is 2.61. The molecule has 3 fully saturated rings. The summed E-state index contributed by atoms with van der Waals surface area (Å²) in [6, 6.07) is 6.61. The third-order valence-electron chi connectivity index (χ3n) is 4.46. The fourth-order valence-corrected chi connectivity index (χ4v) is 3.43. The Morgan fingerprint density at radius 2 is 2.06 bits per heavy atom. The lowest BCUT2D eigenvalue weighted by Gasteiger charge is -2.45. The highest BCUT2D eigenvalue weighted by molar-refractivity contribution is 5.36. The van der Waals surface area contributed by atoms with Gasteiger partial charge in [-0.3, -0.25) is 0 Å². The van der Waals surface area contributed by atoms with E-state index >= 15 is 0 Å². The Hall–Kier alpha value is -1.02. The second kappa shape index (κ2) is 4.34. The zero-order valence-electron chi connectivity index (χ0n) is 10.5. The summed E-state index contributed by atoms with van der Waals surface area (Å²) >= 11 is 0. The lowest BCUT2D eigenvalue weighted by Crippen LogP contribution is -2.49. The van der Waals surface area contributed by atoms with E-state index in [2.05, 4.69) is 17.9 Å². The van der Waals surface area contributed by atoms with E-state index < -0.39 is 0 Å². The van der Waals surface area contributed by atoms with Crippen LogP contribution in [0.25, 0.3) is 0 Å². The van der Waals surface area contributed by atoms with Gasteiger partial charge < -0.3 is 10.0 Å². The van der Waals surface area contributed by atoms with Crippen molar-refractivity contribution in [3.63, 3.8) is 0 Å². The number of phenolic OH excluding ortho intramolecular Hbond substituents is 1. The molecule has 1 aromatic rings. The summed E-state index contributed by atoms with van der Waals surface area (Å²) in [7, 11) is 0. The second-order valence-electron chi connectivity index (χ2n) is 5.71. The van der Waals surface area contributed by atoms with Gasteiger partial charge in [-0.15, -0.1) is 0 Å². The number of hydrogen-bond donors (Lipinski definition) is 1. The van der Waals surface area contributed by atoms with Crippen molar-refractivity contribution in [1.29, 1.82) is 0 Å². The van der Waals surface area contributed by atoms with Crippen LogP contribution in [0.4, 0.5) is 0 Å².